The lowest BCUT2D eigenvalue weighted by Gasteiger charge is -2.39. The SMILES string of the molecule is CC(C)(O)C1CC2C=CC1C2.CCO[Si](OCC)(OCC)C1CC2C=CC1C2.O=C1OCCC12CC1C=CC2C1.O=S(=O)(NC1CC2C=CC1C2)C(F)(F)F.OC(C1CC2C=CC1C2)(C(F)(F)F)C(F)(F)F.OC(CC1CC2C=CC1C2)(C(F)(F)F)C(F)(F)F. The van der Waals surface area contributed by atoms with Gasteiger partial charge in [-0.2, -0.15) is 65.9 Å². The molecule has 12 aliphatic carbocycles. The van der Waals surface area contributed by atoms with E-state index in [1.807, 2.05) is 46.8 Å². The van der Waals surface area contributed by atoms with Gasteiger partial charge in [0.25, 0.3) is 11.2 Å². The predicted octanol–water partition coefficient (Wildman–Crippen LogP) is 14.4. The van der Waals surface area contributed by atoms with Crippen LogP contribution in [0.5, 0.6) is 0 Å². The molecule has 0 aromatic carbocycles. The topological polar surface area (TPSA) is 161 Å². The van der Waals surface area contributed by atoms with Gasteiger partial charge in [-0.25, -0.2) is 13.1 Å². The van der Waals surface area contributed by atoms with E-state index in [1.54, 1.807) is 23.0 Å². The number of carbonyl (C=O) groups is 1. The molecule has 13 aliphatic rings. The number of alkyl halides is 15. The van der Waals surface area contributed by atoms with Crippen molar-refractivity contribution in [3.63, 3.8) is 0 Å². The normalized spacial score (nSPS) is 36.2. The molecule has 12 bridgehead atoms. The highest BCUT2D eigenvalue weighted by Gasteiger charge is 2.76. The van der Waals surface area contributed by atoms with Crippen molar-refractivity contribution in [1.82, 2.24) is 4.72 Å². The number of fused-ring (bicyclic) bond motifs is 13. The Balaban J connectivity index is 0.000000140. The largest absolute Gasteiger partial charge is 0.511 e. The number of halogens is 15. The second-order valence-electron chi connectivity index (χ2n) is 27.3. The number of allylic oxidation sites excluding steroid dienone is 11. The van der Waals surface area contributed by atoms with Gasteiger partial charge in [-0.05, 0) is 207 Å². The summed E-state index contributed by atoms with van der Waals surface area (Å²) in [5.74, 6) is 0.793. The first-order valence-corrected chi connectivity index (χ1v) is 34.5. The van der Waals surface area contributed by atoms with E-state index in [1.165, 1.54) is 38.2 Å². The average Bonchev–Trinajstić information content (AvgIpc) is 1.36. The van der Waals surface area contributed by atoms with Crippen LogP contribution in [-0.4, -0.2) is 118 Å². The van der Waals surface area contributed by atoms with E-state index < -0.39 is 96.1 Å². The van der Waals surface area contributed by atoms with E-state index in [9.17, 15) is 89.3 Å². The molecule has 4 N–H and O–H groups in total. The second kappa shape index (κ2) is 26.7. The molecule has 1 spiro atoms. The van der Waals surface area contributed by atoms with Crippen LogP contribution in [0.15, 0.2) is 72.9 Å². The summed E-state index contributed by atoms with van der Waals surface area (Å²) in [5.41, 5.74) is -14.5. The van der Waals surface area contributed by atoms with Gasteiger partial charge in [0.05, 0.1) is 17.6 Å². The van der Waals surface area contributed by atoms with Gasteiger partial charge in [-0.1, -0.05) is 72.9 Å². The Morgan fingerprint density at radius 3 is 1.27 bits per heavy atom. The first-order valence-electron chi connectivity index (χ1n) is 31.3. The van der Waals surface area contributed by atoms with E-state index >= 15 is 0 Å². The maximum Gasteiger partial charge on any atom is 0.511 e. The van der Waals surface area contributed by atoms with Crippen molar-refractivity contribution in [2.75, 3.05) is 26.4 Å². The van der Waals surface area contributed by atoms with Crippen molar-refractivity contribution in [1.29, 1.82) is 0 Å². The predicted molar refractivity (Wildman–Crippen MR) is 302 cm³/mol. The number of hydrogen-bond donors (Lipinski definition) is 4. The van der Waals surface area contributed by atoms with Crippen LogP contribution >= 0.6 is 0 Å². The number of rotatable bonds is 13. The number of esters is 1. The van der Waals surface area contributed by atoms with Gasteiger partial charge in [0.15, 0.2) is 0 Å². The summed E-state index contributed by atoms with van der Waals surface area (Å²) in [6.45, 7) is 12.7. The number of carbonyl (C=O) groups excluding carboxylic acids is 1. The zero-order valence-corrected chi connectivity index (χ0v) is 52.6. The number of aliphatic hydroxyl groups is 3. The zero-order valence-electron chi connectivity index (χ0n) is 50.7. The Hall–Kier alpha value is -3.25. The highest BCUT2D eigenvalue weighted by molar-refractivity contribution is 7.90. The monoisotopic (exact) mass is 1350 g/mol. The van der Waals surface area contributed by atoms with Crippen LogP contribution in [0.1, 0.15) is 125 Å². The third-order valence-corrected chi connectivity index (χ3v) is 26.0. The van der Waals surface area contributed by atoms with Crippen LogP contribution in [0.25, 0.3) is 0 Å². The summed E-state index contributed by atoms with van der Waals surface area (Å²) >= 11 is 0. The molecular weight excluding hydrogens is 1260 g/mol. The molecular formula is C62H84F15NO10SSi. The molecule has 1 saturated heterocycles. The number of hydrogen-bond acceptors (Lipinski definition) is 10. The zero-order chi connectivity index (χ0) is 66.6. The quantitative estimate of drug-likeness (QED) is 0.0605. The van der Waals surface area contributed by atoms with Crippen molar-refractivity contribution < 1.29 is 112 Å². The minimum absolute atomic E-state index is 0.0608. The summed E-state index contributed by atoms with van der Waals surface area (Å²) in [5, 5.41) is 28.1. The van der Waals surface area contributed by atoms with Crippen LogP contribution in [0.3, 0.4) is 0 Å². The fourth-order valence-electron chi connectivity index (χ4n) is 16.8. The van der Waals surface area contributed by atoms with E-state index in [2.05, 4.69) is 36.5 Å². The Labute approximate surface area is 516 Å². The van der Waals surface area contributed by atoms with Crippen LogP contribution in [0.4, 0.5) is 65.9 Å². The molecule has 1 heterocycles. The van der Waals surface area contributed by atoms with E-state index in [0.29, 0.717) is 74.4 Å². The summed E-state index contributed by atoms with van der Waals surface area (Å²) in [6.07, 6.45) is 10.1. The second-order valence-corrected chi connectivity index (χ2v) is 31.8. The van der Waals surface area contributed by atoms with Crippen molar-refractivity contribution in [2.24, 2.45) is 94.2 Å². The Bertz CT molecular complexity index is 2750. The van der Waals surface area contributed by atoms with Crippen molar-refractivity contribution in [3.8, 4) is 0 Å². The first kappa shape index (κ1) is 72.6. The maximum absolute atomic E-state index is 12.6. The third kappa shape index (κ3) is 14.9. The molecule has 28 heteroatoms. The highest BCUT2D eigenvalue weighted by atomic mass is 32.2. The van der Waals surface area contributed by atoms with Gasteiger partial charge < -0.3 is 33.3 Å². The summed E-state index contributed by atoms with van der Waals surface area (Å²) in [4.78, 5) is 11.5. The minimum atomic E-state index is -5.70. The molecule has 13 rings (SSSR count). The lowest BCUT2D eigenvalue weighted by Crippen LogP contribution is -2.62. The van der Waals surface area contributed by atoms with Gasteiger partial charge in [0.1, 0.15) is 0 Å². The van der Waals surface area contributed by atoms with Crippen LogP contribution in [0.2, 0.25) is 5.54 Å². The average molecular weight is 1350 g/mol. The van der Waals surface area contributed by atoms with Crippen LogP contribution in [0, 0.1) is 94.2 Å². The molecule has 11 nitrogen and oxygen atoms in total. The smallest absolute Gasteiger partial charge is 0.465 e. The Kier molecular flexibility index (Phi) is 21.6. The van der Waals surface area contributed by atoms with Gasteiger partial charge in [-0.3, -0.25) is 4.79 Å². The van der Waals surface area contributed by atoms with Gasteiger partial charge in [0.2, 0.25) is 0 Å². The first-order chi connectivity index (χ1) is 41.5. The van der Waals surface area contributed by atoms with E-state index in [0.717, 1.165) is 31.1 Å². The standard InChI is InChI=1S/C13H24O3Si.C11H12F6O.C10H10F6O.C10H12O2.C10H16O.C8H10F3NO2S/c1-4-14-17(15-5-2,16-6-3)13-10-11-7-8-12(13)9-11;12-10(13,14)9(18,11(15,16)17)5-8-4-6-1-2-7(8)3-6;11-9(12,13)8(17,10(14,15)16)7-4-5-1-2-6(7)3-5;11-9-10(3-4-12-9)6-7-1-2-8(10)5-7;1-10(2,11)9-6-7-3-4-8(9)5-7;9-8(10,11)15(13,14)12-7-4-5-1-2-6(7)3-5/h7-8,11-13H,4-6,9-10H2,1-3H3;1-2,6-8,18H,3-5H2;1-2,5-7,17H,3-4H2;1-2,7-8H,3-6H2;3-4,7-9,11H,5-6H2,1-2H3;1-2,5-7,12H,3-4H2. The van der Waals surface area contributed by atoms with Gasteiger partial charge >= 0.3 is 55.0 Å². The molecule has 0 radical (unpaired) electrons. The Morgan fingerprint density at radius 1 is 0.533 bits per heavy atom. The lowest BCUT2D eigenvalue weighted by molar-refractivity contribution is -0.387. The van der Waals surface area contributed by atoms with Gasteiger partial charge in [-0.15, -0.1) is 0 Å². The number of nitrogens with one attached hydrogen (secondary N) is 1. The van der Waals surface area contributed by atoms with Crippen molar-refractivity contribution in [3.05, 3.63) is 72.9 Å². The molecule has 0 amide bonds. The van der Waals surface area contributed by atoms with Gasteiger partial charge in [0, 0.05) is 37.3 Å². The molecule has 7 fully saturated rings. The Morgan fingerprint density at radius 2 is 0.967 bits per heavy atom. The number of cyclic esters (lactones) is 1. The summed E-state index contributed by atoms with van der Waals surface area (Å²) in [7, 11) is -7.65. The van der Waals surface area contributed by atoms with Crippen LogP contribution < -0.4 is 4.72 Å². The molecule has 1 aliphatic heterocycles. The molecule has 0 aromatic heterocycles. The highest BCUT2D eigenvalue weighted by Crippen LogP contribution is 2.60. The van der Waals surface area contributed by atoms with E-state index in [4.69, 9.17) is 23.1 Å². The van der Waals surface area contributed by atoms with Crippen molar-refractivity contribution >= 4 is 24.8 Å². The molecule has 0 aromatic rings. The maximum atomic E-state index is 12.6. The summed E-state index contributed by atoms with van der Waals surface area (Å²) < 4.78 is 233. The van der Waals surface area contributed by atoms with Crippen LogP contribution in [-0.2, 0) is 32.8 Å². The van der Waals surface area contributed by atoms with E-state index in [-0.39, 0.29) is 60.2 Å². The number of ether oxygens (including phenoxy) is 1. The molecule has 18 unspecified atom stereocenters. The summed E-state index contributed by atoms with van der Waals surface area (Å²) in [6, 6.07) is -0.591. The molecule has 512 valence electrons. The molecule has 18 atom stereocenters. The van der Waals surface area contributed by atoms with Crippen molar-refractivity contribution in [2.45, 2.75) is 183 Å². The number of sulfonamides is 1. The fourth-order valence-corrected chi connectivity index (χ4v) is 21.1. The fraction of sp³-hybridized carbons (Fsp3) is 0.790. The molecule has 90 heavy (non-hydrogen) atoms. The minimum Gasteiger partial charge on any atom is -0.465 e. The lowest BCUT2D eigenvalue weighted by atomic mass is 9.75. The third-order valence-electron chi connectivity index (χ3n) is 21.1. The molecule has 6 saturated carbocycles.